The van der Waals surface area contributed by atoms with Gasteiger partial charge in [-0.3, -0.25) is 9.69 Å². The minimum atomic E-state index is -0.656. The van der Waals surface area contributed by atoms with Crippen molar-refractivity contribution in [3.8, 4) is 0 Å². The van der Waals surface area contributed by atoms with E-state index in [9.17, 15) is 13.6 Å². The summed E-state index contributed by atoms with van der Waals surface area (Å²) in [6.07, 6.45) is 1.77. The van der Waals surface area contributed by atoms with Crippen LogP contribution in [0.5, 0.6) is 0 Å². The Balaban J connectivity index is 1.44. The molecule has 3 nitrogen and oxygen atoms in total. The zero-order valence-corrected chi connectivity index (χ0v) is 14.1. The molecule has 1 aliphatic rings. The smallest absolute Gasteiger partial charge is 0.224 e. The van der Waals surface area contributed by atoms with Crippen LogP contribution in [0.1, 0.15) is 24.0 Å². The maximum Gasteiger partial charge on any atom is 0.224 e. The van der Waals surface area contributed by atoms with E-state index < -0.39 is 11.6 Å². The zero-order valence-electron chi connectivity index (χ0n) is 14.1. The van der Waals surface area contributed by atoms with Crippen LogP contribution in [0.3, 0.4) is 0 Å². The lowest BCUT2D eigenvalue weighted by molar-refractivity contribution is -0.121. The molecule has 25 heavy (non-hydrogen) atoms. The van der Waals surface area contributed by atoms with Gasteiger partial charge in [0.05, 0.1) is 6.42 Å². The van der Waals surface area contributed by atoms with Crippen molar-refractivity contribution in [1.29, 1.82) is 0 Å². The van der Waals surface area contributed by atoms with Gasteiger partial charge in [-0.25, -0.2) is 8.78 Å². The molecule has 1 heterocycles. The third-order valence-corrected chi connectivity index (χ3v) is 4.49. The molecular formula is C20H22F2N2O. The molecule has 1 fully saturated rings. The van der Waals surface area contributed by atoms with Crippen molar-refractivity contribution in [2.45, 2.75) is 31.8 Å². The zero-order chi connectivity index (χ0) is 17.6. The topological polar surface area (TPSA) is 32.3 Å². The van der Waals surface area contributed by atoms with Crippen LogP contribution in [0.15, 0.2) is 48.5 Å². The molecule has 1 N–H and O–H groups in total. The molecule has 2 aromatic rings. The van der Waals surface area contributed by atoms with Crippen molar-refractivity contribution >= 4 is 5.91 Å². The predicted molar refractivity (Wildman–Crippen MR) is 92.9 cm³/mol. The molecule has 0 spiro atoms. The summed E-state index contributed by atoms with van der Waals surface area (Å²) in [5.74, 6) is -1.50. The highest BCUT2D eigenvalue weighted by Crippen LogP contribution is 2.14. The van der Waals surface area contributed by atoms with Crippen LogP contribution in [0.25, 0.3) is 0 Å². The Morgan fingerprint density at radius 3 is 2.28 bits per heavy atom. The molecule has 1 aliphatic heterocycles. The van der Waals surface area contributed by atoms with E-state index in [1.54, 1.807) is 0 Å². The van der Waals surface area contributed by atoms with Gasteiger partial charge >= 0.3 is 0 Å². The SMILES string of the molecule is O=C(Cc1cc(F)cc(F)c1)NC1CCN(Cc2ccccc2)CC1. The fourth-order valence-corrected chi connectivity index (χ4v) is 3.25. The first-order valence-electron chi connectivity index (χ1n) is 8.59. The molecule has 132 valence electrons. The predicted octanol–water partition coefficient (Wildman–Crippen LogP) is 3.29. The second-order valence-corrected chi connectivity index (χ2v) is 6.56. The van der Waals surface area contributed by atoms with Gasteiger partial charge in [0.1, 0.15) is 11.6 Å². The van der Waals surface area contributed by atoms with Crippen molar-refractivity contribution in [2.75, 3.05) is 13.1 Å². The number of nitrogens with one attached hydrogen (secondary N) is 1. The number of halogens is 2. The first kappa shape index (κ1) is 17.5. The molecule has 0 atom stereocenters. The lowest BCUT2D eigenvalue weighted by Crippen LogP contribution is -2.44. The minimum Gasteiger partial charge on any atom is -0.353 e. The summed E-state index contributed by atoms with van der Waals surface area (Å²) in [7, 11) is 0. The van der Waals surface area contributed by atoms with Gasteiger partial charge in [0, 0.05) is 31.7 Å². The van der Waals surface area contributed by atoms with Crippen molar-refractivity contribution in [1.82, 2.24) is 10.2 Å². The first-order chi connectivity index (χ1) is 12.1. The van der Waals surface area contributed by atoms with Gasteiger partial charge in [-0.15, -0.1) is 0 Å². The number of nitrogens with zero attached hydrogens (tertiary/aromatic N) is 1. The van der Waals surface area contributed by atoms with E-state index >= 15 is 0 Å². The van der Waals surface area contributed by atoms with E-state index in [4.69, 9.17) is 0 Å². The van der Waals surface area contributed by atoms with Crippen molar-refractivity contribution in [3.63, 3.8) is 0 Å². The van der Waals surface area contributed by atoms with Crippen LogP contribution in [0, 0.1) is 11.6 Å². The van der Waals surface area contributed by atoms with E-state index in [0.717, 1.165) is 38.5 Å². The fourth-order valence-electron chi connectivity index (χ4n) is 3.25. The fraction of sp³-hybridized carbons (Fsp3) is 0.350. The largest absolute Gasteiger partial charge is 0.353 e. The van der Waals surface area contributed by atoms with Crippen molar-refractivity contribution < 1.29 is 13.6 Å². The summed E-state index contributed by atoms with van der Waals surface area (Å²) >= 11 is 0. The number of piperidine rings is 1. The second kappa shape index (κ2) is 8.21. The van der Waals surface area contributed by atoms with Crippen LogP contribution < -0.4 is 5.32 Å². The number of carbonyl (C=O) groups is 1. The highest BCUT2D eigenvalue weighted by atomic mass is 19.1. The Hall–Kier alpha value is -2.27. The maximum absolute atomic E-state index is 13.2. The van der Waals surface area contributed by atoms with Crippen LogP contribution in [-0.4, -0.2) is 29.9 Å². The Bertz CT molecular complexity index is 693. The average Bonchev–Trinajstić information content (AvgIpc) is 2.56. The normalized spacial score (nSPS) is 15.9. The third kappa shape index (κ3) is 5.36. The number of hydrogen-bond acceptors (Lipinski definition) is 2. The summed E-state index contributed by atoms with van der Waals surface area (Å²) in [4.78, 5) is 14.5. The van der Waals surface area contributed by atoms with Gasteiger partial charge in [-0.1, -0.05) is 30.3 Å². The summed E-state index contributed by atoms with van der Waals surface area (Å²) in [5, 5.41) is 2.98. The van der Waals surface area contributed by atoms with Crippen LogP contribution >= 0.6 is 0 Å². The molecule has 0 aliphatic carbocycles. The molecule has 5 heteroatoms. The summed E-state index contributed by atoms with van der Waals surface area (Å²) < 4.78 is 26.4. The number of benzene rings is 2. The van der Waals surface area contributed by atoms with Gasteiger partial charge in [0.2, 0.25) is 5.91 Å². The van der Waals surface area contributed by atoms with Gasteiger partial charge in [-0.2, -0.15) is 0 Å². The van der Waals surface area contributed by atoms with E-state index in [0.29, 0.717) is 5.56 Å². The van der Waals surface area contributed by atoms with E-state index in [2.05, 4.69) is 22.3 Å². The van der Waals surface area contributed by atoms with Gasteiger partial charge in [-0.05, 0) is 36.1 Å². The number of rotatable bonds is 5. The lowest BCUT2D eigenvalue weighted by Gasteiger charge is -2.32. The maximum atomic E-state index is 13.2. The molecular weight excluding hydrogens is 322 g/mol. The monoisotopic (exact) mass is 344 g/mol. The Morgan fingerprint density at radius 1 is 1.00 bits per heavy atom. The molecule has 3 rings (SSSR count). The van der Waals surface area contributed by atoms with Crippen molar-refractivity contribution in [3.05, 3.63) is 71.3 Å². The highest BCUT2D eigenvalue weighted by Gasteiger charge is 2.20. The van der Waals surface area contributed by atoms with Crippen LogP contribution in [0.4, 0.5) is 8.78 Å². The molecule has 0 bridgehead atoms. The lowest BCUT2D eigenvalue weighted by atomic mass is 10.0. The van der Waals surface area contributed by atoms with E-state index in [-0.39, 0.29) is 18.4 Å². The summed E-state index contributed by atoms with van der Waals surface area (Å²) in [6.45, 7) is 2.77. The molecule has 0 aromatic heterocycles. The average molecular weight is 344 g/mol. The van der Waals surface area contributed by atoms with Gasteiger partial charge < -0.3 is 5.32 Å². The minimum absolute atomic E-state index is 0.00108. The van der Waals surface area contributed by atoms with E-state index in [1.807, 2.05) is 18.2 Å². The molecule has 0 unspecified atom stereocenters. The molecule has 1 amide bonds. The molecule has 1 saturated heterocycles. The molecule has 0 radical (unpaired) electrons. The van der Waals surface area contributed by atoms with Crippen LogP contribution in [-0.2, 0) is 17.8 Å². The Morgan fingerprint density at radius 2 is 1.64 bits per heavy atom. The third-order valence-electron chi connectivity index (χ3n) is 4.49. The van der Waals surface area contributed by atoms with Crippen molar-refractivity contribution in [2.24, 2.45) is 0 Å². The quantitative estimate of drug-likeness (QED) is 0.903. The Kier molecular flexibility index (Phi) is 5.76. The Labute approximate surface area is 146 Å². The summed E-state index contributed by atoms with van der Waals surface area (Å²) in [5.41, 5.74) is 1.65. The first-order valence-corrected chi connectivity index (χ1v) is 8.59. The van der Waals surface area contributed by atoms with Crippen LogP contribution in [0.2, 0.25) is 0 Å². The molecule has 2 aromatic carbocycles. The molecule has 0 saturated carbocycles. The number of carbonyl (C=O) groups excluding carboxylic acids is 1. The van der Waals surface area contributed by atoms with Gasteiger partial charge in [0.15, 0.2) is 0 Å². The summed E-state index contributed by atoms with van der Waals surface area (Å²) in [6, 6.07) is 13.7. The number of hydrogen-bond donors (Lipinski definition) is 1. The second-order valence-electron chi connectivity index (χ2n) is 6.56. The highest BCUT2D eigenvalue weighted by molar-refractivity contribution is 5.78. The van der Waals surface area contributed by atoms with E-state index in [1.165, 1.54) is 17.7 Å². The number of amides is 1. The standard InChI is InChI=1S/C20H22F2N2O/c21-17-10-16(11-18(22)13-17)12-20(25)23-19-6-8-24(9-7-19)14-15-4-2-1-3-5-15/h1-5,10-11,13,19H,6-9,12,14H2,(H,23,25). The van der Waals surface area contributed by atoms with Gasteiger partial charge in [0.25, 0.3) is 0 Å². The number of likely N-dealkylation sites (tertiary alicyclic amines) is 1.